The molecule has 1 aliphatic rings. The number of nitrogens with zero attached hydrogens (tertiary/aromatic N) is 4. The van der Waals surface area contributed by atoms with Crippen LogP contribution in [0.2, 0.25) is 0 Å². The first-order valence-electron chi connectivity index (χ1n) is 13.7. The van der Waals surface area contributed by atoms with Crippen LogP contribution in [-0.4, -0.2) is 51.8 Å². The second kappa shape index (κ2) is 13.0. The van der Waals surface area contributed by atoms with Crippen LogP contribution in [0.5, 0.6) is 0 Å². The van der Waals surface area contributed by atoms with E-state index >= 15 is 0 Å². The molecule has 4 aromatic rings. The fourth-order valence-electron chi connectivity index (χ4n) is 5.18. The van der Waals surface area contributed by atoms with Crippen molar-refractivity contribution in [2.75, 3.05) is 57.1 Å². The fraction of sp³-hybridized carbons (Fsp3) is 0.303. The summed E-state index contributed by atoms with van der Waals surface area (Å²) in [6, 6.07) is 30.7. The molecule has 0 N–H and O–H groups in total. The van der Waals surface area contributed by atoms with Crippen LogP contribution in [0.3, 0.4) is 0 Å². The number of thioether (sulfide) groups is 1. The largest absolute Gasteiger partial charge is 0.338 e. The van der Waals surface area contributed by atoms with E-state index in [1.165, 1.54) is 50.1 Å². The zero-order valence-corrected chi connectivity index (χ0v) is 27.6. The van der Waals surface area contributed by atoms with Crippen LogP contribution in [-0.2, 0) is 32.7 Å². The Bertz CT molecular complexity index is 1450. The Kier molecular flexibility index (Phi) is 9.93. The summed E-state index contributed by atoms with van der Waals surface area (Å²) in [5.41, 5.74) is 4.96. The molecule has 0 amide bonds. The first-order valence-corrected chi connectivity index (χ1v) is 14.6. The standard InChI is InChI=1S/C33H40N4S.Y/c1-6-35(22-15-23-37(4,5)7-2)32-24-26(25-33-34(3)30-20-13-14-21-31(30)38-33)28-18-11-12-19-29(28)36(32)27-16-9-8-10-17-27;/h8-14,16-21,24-25H,6-7,15,22-23H2,1-5H3;/q+2;. The van der Waals surface area contributed by atoms with Crippen LogP contribution >= 0.6 is 11.8 Å². The maximum Gasteiger partial charge on any atom is 0.282 e. The molecule has 6 heteroatoms. The van der Waals surface area contributed by atoms with Gasteiger partial charge in [-0.3, -0.25) is 4.90 Å². The minimum atomic E-state index is 0. The SMILES string of the molecule is CCN(CCC[N+](C)(C)CC)c1cc(C=C2Sc3ccccc3N2C)c2ccccc2[n+]1-c1ccccc1.[Y]. The molecule has 0 atom stereocenters. The molecule has 1 aliphatic heterocycles. The molecule has 0 unspecified atom stereocenters. The first kappa shape index (κ1) is 29.8. The summed E-state index contributed by atoms with van der Waals surface area (Å²) in [6.07, 6.45) is 3.53. The number of quaternary nitrogens is 1. The second-order valence-electron chi connectivity index (χ2n) is 10.7. The van der Waals surface area contributed by atoms with Gasteiger partial charge in [0, 0.05) is 62.5 Å². The van der Waals surface area contributed by atoms with Gasteiger partial charge in [-0.15, -0.1) is 0 Å². The second-order valence-corrected chi connectivity index (χ2v) is 11.7. The zero-order valence-electron chi connectivity index (χ0n) is 24.0. The van der Waals surface area contributed by atoms with Crippen LogP contribution in [0, 0.1) is 0 Å². The minimum Gasteiger partial charge on any atom is -0.338 e. The zero-order chi connectivity index (χ0) is 26.7. The third-order valence-electron chi connectivity index (χ3n) is 7.79. The van der Waals surface area contributed by atoms with E-state index in [2.05, 4.69) is 140 Å². The molecule has 3 aromatic carbocycles. The Balaban J connectivity index is 0.00000353. The summed E-state index contributed by atoms with van der Waals surface area (Å²) in [5, 5.41) is 2.52. The van der Waals surface area contributed by atoms with Crippen molar-refractivity contribution in [2.24, 2.45) is 0 Å². The summed E-state index contributed by atoms with van der Waals surface area (Å²) in [5.74, 6) is 1.24. The van der Waals surface area contributed by atoms with Crippen molar-refractivity contribution in [3.05, 3.63) is 95.5 Å². The molecule has 0 bridgehead atoms. The van der Waals surface area contributed by atoms with E-state index < -0.39 is 0 Å². The predicted octanol–water partition coefficient (Wildman–Crippen LogP) is 6.97. The predicted molar refractivity (Wildman–Crippen MR) is 164 cm³/mol. The molecule has 0 aliphatic carbocycles. The third kappa shape index (κ3) is 6.43. The number of anilines is 2. The molecule has 0 spiro atoms. The van der Waals surface area contributed by atoms with Gasteiger partial charge in [-0.25, -0.2) is 0 Å². The number of benzene rings is 3. The quantitative estimate of drug-likeness (QED) is 0.149. The van der Waals surface area contributed by atoms with Gasteiger partial charge < -0.3 is 9.38 Å². The van der Waals surface area contributed by atoms with Crippen molar-refractivity contribution in [1.29, 1.82) is 0 Å². The molecule has 1 aromatic heterocycles. The first-order chi connectivity index (χ1) is 18.4. The van der Waals surface area contributed by atoms with E-state index in [0.717, 1.165) is 30.5 Å². The van der Waals surface area contributed by atoms with Crippen molar-refractivity contribution >= 4 is 40.2 Å². The van der Waals surface area contributed by atoms with Crippen molar-refractivity contribution < 1.29 is 41.8 Å². The van der Waals surface area contributed by atoms with Crippen molar-refractivity contribution in [3.63, 3.8) is 0 Å². The average Bonchev–Trinajstić information content (AvgIpc) is 3.26. The van der Waals surface area contributed by atoms with E-state index in [1.807, 2.05) is 11.8 Å². The van der Waals surface area contributed by atoms with Gasteiger partial charge in [0.25, 0.3) is 5.82 Å². The molecule has 0 fully saturated rings. The molecule has 0 saturated heterocycles. The van der Waals surface area contributed by atoms with Gasteiger partial charge in [0.15, 0.2) is 0 Å². The van der Waals surface area contributed by atoms with Crippen LogP contribution in [0.4, 0.5) is 11.5 Å². The molecular weight excluding hydrogens is 573 g/mol. The Morgan fingerprint density at radius 3 is 2.33 bits per heavy atom. The van der Waals surface area contributed by atoms with E-state index in [1.54, 1.807) is 0 Å². The molecule has 1 radical (unpaired) electrons. The van der Waals surface area contributed by atoms with E-state index in [-0.39, 0.29) is 32.7 Å². The van der Waals surface area contributed by atoms with Crippen LogP contribution in [0.25, 0.3) is 22.7 Å². The molecule has 4 nitrogen and oxygen atoms in total. The molecule has 39 heavy (non-hydrogen) atoms. The fourth-order valence-corrected chi connectivity index (χ4v) is 6.28. The maximum absolute atomic E-state index is 2.55. The van der Waals surface area contributed by atoms with Gasteiger partial charge in [-0.1, -0.05) is 60.3 Å². The Morgan fingerprint density at radius 2 is 1.62 bits per heavy atom. The van der Waals surface area contributed by atoms with Crippen LogP contribution in [0.15, 0.2) is 94.9 Å². The normalized spacial score (nSPS) is 14.0. The number of rotatable bonds is 9. The monoisotopic (exact) mass is 613 g/mol. The van der Waals surface area contributed by atoms with Gasteiger partial charge >= 0.3 is 0 Å². The topological polar surface area (TPSA) is 10.4 Å². The molecule has 199 valence electrons. The maximum atomic E-state index is 2.55. The number of pyridine rings is 1. The number of hydrogen-bond donors (Lipinski definition) is 0. The van der Waals surface area contributed by atoms with Crippen LogP contribution in [0.1, 0.15) is 25.8 Å². The summed E-state index contributed by atoms with van der Waals surface area (Å²) < 4.78 is 3.50. The van der Waals surface area contributed by atoms with Crippen molar-refractivity contribution in [2.45, 2.75) is 25.2 Å². The Morgan fingerprint density at radius 1 is 0.923 bits per heavy atom. The summed E-state index contributed by atoms with van der Waals surface area (Å²) in [6.45, 7) is 8.86. The van der Waals surface area contributed by atoms with Gasteiger partial charge in [-0.05, 0) is 55.8 Å². The Hall–Kier alpha value is -2.18. The van der Waals surface area contributed by atoms with Gasteiger partial charge in [0.05, 0.1) is 51.0 Å². The summed E-state index contributed by atoms with van der Waals surface area (Å²) >= 11 is 1.85. The van der Waals surface area contributed by atoms with Crippen molar-refractivity contribution in [1.82, 2.24) is 0 Å². The summed E-state index contributed by atoms with van der Waals surface area (Å²) in [4.78, 5) is 6.18. The molecular formula is C33H40N4SY+2. The number of aromatic nitrogens is 1. The Labute approximate surface area is 263 Å². The third-order valence-corrected chi connectivity index (χ3v) is 8.95. The summed E-state index contributed by atoms with van der Waals surface area (Å²) in [7, 11) is 6.83. The number of para-hydroxylation sites is 3. The minimum absolute atomic E-state index is 0. The average molecular weight is 614 g/mol. The van der Waals surface area contributed by atoms with Gasteiger partial charge in [0.1, 0.15) is 11.2 Å². The number of hydrogen-bond acceptors (Lipinski definition) is 3. The van der Waals surface area contributed by atoms with Gasteiger partial charge in [0.2, 0.25) is 0 Å². The smallest absolute Gasteiger partial charge is 0.282 e. The van der Waals surface area contributed by atoms with E-state index in [9.17, 15) is 0 Å². The number of fused-ring (bicyclic) bond motifs is 2. The van der Waals surface area contributed by atoms with Gasteiger partial charge in [-0.2, -0.15) is 4.57 Å². The molecule has 5 rings (SSSR count). The molecule has 2 heterocycles. The van der Waals surface area contributed by atoms with Crippen LogP contribution < -0.4 is 14.4 Å². The molecule has 0 saturated carbocycles. The van der Waals surface area contributed by atoms with E-state index in [4.69, 9.17) is 0 Å². The van der Waals surface area contributed by atoms with Crippen molar-refractivity contribution in [3.8, 4) is 5.69 Å². The van der Waals surface area contributed by atoms with E-state index in [0.29, 0.717) is 0 Å².